The van der Waals surface area contributed by atoms with Crippen molar-refractivity contribution in [3.05, 3.63) is 58.6 Å². The second kappa shape index (κ2) is 7.48. The van der Waals surface area contributed by atoms with E-state index in [9.17, 15) is 5.11 Å². The van der Waals surface area contributed by atoms with E-state index in [0.717, 1.165) is 12.2 Å². The molecule has 2 rings (SSSR count). The summed E-state index contributed by atoms with van der Waals surface area (Å²) in [7, 11) is 0. The summed E-state index contributed by atoms with van der Waals surface area (Å²) < 4.78 is 5.79. The summed E-state index contributed by atoms with van der Waals surface area (Å²) in [5.74, 6) is 1.46. The lowest BCUT2D eigenvalue weighted by Gasteiger charge is -2.11. The second-order valence-electron chi connectivity index (χ2n) is 5.21. The number of aliphatic hydroxyl groups excluding tert-OH is 1. The molecule has 0 fully saturated rings. The molecule has 1 atom stereocenters. The van der Waals surface area contributed by atoms with E-state index in [0.29, 0.717) is 16.3 Å². The highest BCUT2D eigenvalue weighted by Crippen LogP contribution is 2.30. The zero-order chi connectivity index (χ0) is 15.2. The summed E-state index contributed by atoms with van der Waals surface area (Å²) in [6.07, 6.45) is 2.93. The molecule has 2 nitrogen and oxygen atoms in total. The molecule has 0 aromatic heterocycles. The maximum absolute atomic E-state index is 9.56. The van der Waals surface area contributed by atoms with E-state index >= 15 is 0 Å². The Hall–Kier alpha value is -1.51. The van der Waals surface area contributed by atoms with Gasteiger partial charge in [0.25, 0.3) is 0 Å². The van der Waals surface area contributed by atoms with Gasteiger partial charge in [0.15, 0.2) is 0 Å². The van der Waals surface area contributed by atoms with E-state index < -0.39 is 6.10 Å². The van der Waals surface area contributed by atoms with Crippen molar-refractivity contribution in [2.24, 2.45) is 0 Å². The van der Waals surface area contributed by atoms with Gasteiger partial charge in [0.2, 0.25) is 0 Å². The first-order valence-corrected chi connectivity index (χ1v) is 7.72. The van der Waals surface area contributed by atoms with Crippen LogP contribution >= 0.6 is 11.6 Å². The average Bonchev–Trinajstić information content (AvgIpc) is 2.46. The maximum Gasteiger partial charge on any atom is 0.128 e. The van der Waals surface area contributed by atoms with Crippen molar-refractivity contribution in [2.75, 3.05) is 0 Å². The van der Waals surface area contributed by atoms with Crippen LogP contribution in [0.5, 0.6) is 11.5 Å². The molecular weight excluding hydrogens is 284 g/mol. The van der Waals surface area contributed by atoms with Gasteiger partial charge in [0.05, 0.1) is 11.1 Å². The fraction of sp³-hybridized carbons (Fsp3) is 0.333. The fourth-order valence-electron chi connectivity index (χ4n) is 2.15. The number of aliphatic hydroxyl groups is 1. The monoisotopic (exact) mass is 304 g/mol. The predicted molar refractivity (Wildman–Crippen MR) is 87.2 cm³/mol. The number of hydrogen-bond donors (Lipinski definition) is 1. The Balaban J connectivity index is 2.06. The third kappa shape index (κ3) is 4.48. The quantitative estimate of drug-likeness (QED) is 0.760. The Morgan fingerprint density at radius 3 is 2.33 bits per heavy atom. The normalized spacial score (nSPS) is 12.2. The van der Waals surface area contributed by atoms with Gasteiger partial charge in [-0.3, -0.25) is 0 Å². The summed E-state index contributed by atoms with van der Waals surface area (Å²) in [5.41, 5.74) is 2.03. The standard InChI is InChI=1S/C18H21ClO2/c1-3-4-5-14-6-8-15(9-7-14)21-16-10-11-17(13(2)20)18(19)12-16/h6-13,20H,3-5H2,1-2H3. The highest BCUT2D eigenvalue weighted by molar-refractivity contribution is 6.31. The molecule has 1 N–H and O–H groups in total. The van der Waals surface area contributed by atoms with Gasteiger partial charge in [0, 0.05) is 0 Å². The Morgan fingerprint density at radius 1 is 1.10 bits per heavy atom. The Bertz CT molecular complexity index is 576. The van der Waals surface area contributed by atoms with Crippen molar-refractivity contribution in [3.63, 3.8) is 0 Å². The van der Waals surface area contributed by atoms with Crippen molar-refractivity contribution in [1.82, 2.24) is 0 Å². The van der Waals surface area contributed by atoms with Gasteiger partial charge in [-0.05, 0) is 55.2 Å². The summed E-state index contributed by atoms with van der Waals surface area (Å²) in [6.45, 7) is 3.88. The van der Waals surface area contributed by atoms with Crippen LogP contribution in [0.3, 0.4) is 0 Å². The van der Waals surface area contributed by atoms with Crippen molar-refractivity contribution in [2.45, 2.75) is 39.2 Å². The summed E-state index contributed by atoms with van der Waals surface area (Å²) >= 11 is 6.13. The molecule has 0 heterocycles. The number of aryl methyl sites for hydroxylation is 1. The largest absolute Gasteiger partial charge is 0.457 e. The van der Waals surface area contributed by atoms with Gasteiger partial charge in [-0.15, -0.1) is 0 Å². The van der Waals surface area contributed by atoms with E-state index in [2.05, 4.69) is 19.1 Å². The van der Waals surface area contributed by atoms with Gasteiger partial charge < -0.3 is 9.84 Å². The molecule has 0 amide bonds. The van der Waals surface area contributed by atoms with Crippen LogP contribution in [0.15, 0.2) is 42.5 Å². The number of rotatable bonds is 6. The first kappa shape index (κ1) is 15.9. The third-order valence-corrected chi connectivity index (χ3v) is 3.73. The molecule has 2 aromatic rings. The minimum Gasteiger partial charge on any atom is -0.457 e. The number of unbranched alkanes of at least 4 members (excludes halogenated alkanes) is 1. The van der Waals surface area contributed by atoms with E-state index in [1.165, 1.54) is 18.4 Å². The molecule has 0 aliphatic rings. The minimum atomic E-state index is -0.579. The molecule has 3 heteroatoms. The van der Waals surface area contributed by atoms with Crippen molar-refractivity contribution >= 4 is 11.6 Å². The molecule has 0 saturated heterocycles. The SMILES string of the molecule is CCCCc1ccc(Oc2ccc(C(C)O)c(Cl)c2)cc1. The molecule has 0 aliphatic heterocycles. The maximum atomic E-state index is 9.56. The number of halogens is 1. The highest BCUT2D eigenvalue weighted by atomic mass is 35.5. The predicted octanol–water partition coefficient (Wildman–Crippen LogP) is 5.53. The van der Waals surface area contributed by atoms with Crippen molar-refractivity contribution < 1.29 is 9.84 Å². The number of hydrogen-bond acceptors (Lipinski definition) is 2. The average molecular weight is 305 g/mol. The van der Waals surface area contributed by atoms with Crippen molar-refractivity contribution in [3.8, 4) is 11.5 Å². The lowest BCUT2D eigenvalue weighted by atomic mass is 10.1. The molecular formula is C18H21ClO2. The molecule has 0 radical (unpaired) electrons. The van der Waals surface area contributed by atoms with Gasteiger partial charge >= 0.3 is 0 Å². The van der Waals surface area contributed by atoms with E-state index in [4.69, 9.17) is 16.3 Å². The summed E-state index contributed by atoms with van der Waals surface area (Å²) in [4.78, 5) is 0. The lowest BCUT2D eigenvalue weighted by Crippen LogP contribution is -1.93. The van der Waals surface area contributed by atoms with Gasteiger partial charge in [-0.1, -0.05) is 43.1 Å². The third-order valence-electron chi connectivity index (χ3n) is 3.40. The Kier molecular flexibility index (Phi) is 5.66. The van der Waals surface area contributed by atoms with Crippen LogP contribution in [-0.4, -0.2) is 5.11 Å². The van der Waals surface area contributed by atoms with Gasteiger partial charge in [0.1, 0.15) is 11.5 Å². The Labute approximate surface area is 131 Å². The molecule has 0 spiro atoms. The highest BCUT2D eigenvalue weighted by Gasteiger charge is 2.08. The topological polar surface area (TPSA) is 29.5 Å². The van der Waals surface area contributed by atoms with E-state index in [-0.39, 0.29) is 0 Å². The first-order chi connectivity index (χ1) is 10.1. The Morgan fingerprint density at radius 2 is 1.76 bits per heavy atom. The van der Waals surface area contributed by atoms with Crippen LogP contribution < -0.4 is 4.74 Å². The number of ether oxygens (including phenoxy) is 1. The van der Waals surface area contributed by atoms with Crippen molar-refractivity contribution in [1.29, 1.82) is 0 Å². The molecule has 1 unspecified atom stereocenters. The van der Waals surface area contributed by atoms with Crippen LogP contribution in [-0.2, 0) is 6.42 Å². The zero-order valence-corrected chi connectivity index (χ0v) is 13.2. The molecule has 112 valence electrons. The van der Waals surface area contributed by atoms with E-state index in [1.54, 1.807) is 19.1 Å². The summed E-state index contributed by atoms with van der Waals surface area (Å²) in [6, 6.07) is 13.5. The zero-order valence-electron chi connectivity index (χ0n) is 12.5. The second-order valence-corrected chi connectivity index (χ2v) is 5.62. The minimum absolute atomic E-state index is 0.516. The van der Waals surface area contributed by atoms with Gasteiger partial charge in [-0.25, -0.2) is 0 Å². The van der Waals surface area contributed by atoms with E-state index in [1.807, 2.05) is 18.2 Å². The fourth-order valence-corrected chi connectivity index (χ4v) is 2.48. The van der Waals surface area contributed by atoms with Crippen LogP contribution in [0.25, 0.3) is 0 Å². The van der Waals surface area contributed by atoms with Crippen LogP contribution in [0.4, 0.5) is 0 Å². The first-order valence-electron chi connectivity index (χ1n) is 7.34. The van der Waals surface area contributed by atoms with Gasteiger partial charge in [-0.2, -0.15) is 0 Å². The number of benzene rings is 2. The molecule has 2 aromatic carbocycles. The van der Waals surface area contributed by atoms with Crippen LogP contribution in [0.1, 0.15) is 43.9 Å². The molecule has 0 saturated carbocycles. The van der Waals surface area contributed by atoms with Crippen LogP contribution in [0, 0.1) is 0 Å². The molecule has 0 bridgehead atoms. The lowest BCUT2D eigenvalue weighted by molar-refractivity contribution is 0.199. The molecule has 21 heavy (non-hydrogen) atoms. The van der Waals surface area contributed by atoms with Crippen LogP contribution in [0.2, 0.25) is 5.02 Å². The smallest absolute Gasteiger partial charge is 0.128 e. The summed E-state index contributed by atoms with van der Waals surface area (Å²) in [5, 5.41) is 10.1. The molecule has 0 aliphatic carbocycles.